The zero-order chi connectivity index (χ0) is 16.1. The van der Waals surface area contributed by atoms with Crippen molar-refractivity contribution in [1.82, 2.24) is 0 Å². The standard InChI is InChI=1S/C16H17BrO5/c1-19-14(18)8-10-5-4-6-11(7-10)15-12(9-13(17)22-15)16(20-2)21-3/h4-7,9,16H,8H2,1-3H3. The molecule has 1 aromatic carbocycles. The van der Waals surface area contributed by atoms with Gasteiger partial charge in [-0.3, -0.25) is 4.79 Å². The highest BCUT2D eigenvalue weighted by molar-refractivity contribution is 9.10. The van der Waals surface area contributed by atoms with Crippen molar-refractivity contribution in [3.05, 3.63) is 46.1 Å². The van der Waals surface area contributed by atoms with Crippen molar-refractivity contribution >= 4 is 21.9 Å². The number of carbonyl (C=O) groups excluding carboxylic acids is 1. The second-order valence-corrected chi connectivity index (χ2v) is 5.37. The summed E-state index contributed by atoms with van der Waals surface area (Å²) in [6.07, 6.45) is -0.325. The van der Waals surface area contributed by atoms with Gasteiger partial charge in [0.05, 0.1) is 19.1 Å². The van der Waals surface area contributed by atoms with Crippen molar-refractivity contribution < 1.29 is 23.4 Å². The van der Waals surface area contributed by atoms with Crippen molar-refractivity contribution in [3.63, 3.8) is 0 Å². The van der Waals surface area contributed by atoms with Crippen molar-refractivity contribution in [1.29, 1.82) is 0 Å². The van der Waals surface area contributed by atoms with Gasteiger partial charge in [-0.15, -0.1) is 0 Å². The van der Waals surface area contributed by atoms with Crippen LogP contribution in [0.1, 0.15) is 17.4 Å². The van der Waals surface area contributed by atoms with E-state index in [2.05, 4.69) is 15.9 Å². The van der Waals surface area contributed by atoms with Crippen molar-refractivity contribution in [2.24, 2.45) is 0 Å². The number of carbonyl (C=O) groups is 1. The average molecular weight is 369 g/mol. The summed E-state index contributed by atoms with van der Waals surface area (Å²) in [7, 11) is 4.49. The predicted molar refractivity (Wildman–Crippen MR) is 84.3 cm³/mol. The minimum atomic E-state index is -0.533. The molecular weight excluding hydrogens is 352 g/mol. The summed E-state index contributed by atoms with van der Waals surface area (Å²) in [6, 6.07) is 9.32. The summed E-state index contributed by atoms with van der Waals surface area (Å²) < 4.78 is 21.6. The van der Waals surface area contributed by atoms with Crippen molar-refractivity contribution in [3.8, 4) is 11.3 Å². The molecule has 0 bridgehead atoms. The van der Waals surface area contributed by atoms with E-state index in [-0.39, 0.29) is 12.4 Å². The third-order valence-electron chi connectivity index (χ3n) is 3.18. The Morgan fingerprint density at radius 1 is 1.23 bits per heavy atom. The molecule has 0 aliphatic rings. The molecule has 1 heterocycles. The Hall–Kier alpha value is -1.63. The number of methoxy groups -OCH3 is 3. The van der Waals surface area contributed by atoms with E-state index in [1.54, 1.807) is 20.3 Å². The van der Waals surface area contributed by atoms with Crippen LogP contribution in [0.3, 0.4) is 0 Å². The van der Waals surface area contributed by atoms with Crippen LogP contribution in [0, 0.1) is 0 Å². The molecule has 0 spiro atoms. The molecule has 5 nitrogen and oxygen atoms in total. The van der Waals surface area contributed by atoms with E-state index >= 15 is 0 Å². The lowest BCUT2D eigenvalue weighted by Crippen LogP contribution is -2.05. The Morgan fingerprint density at radius 2 is 1.95 bits per heavy atom. The fourth-order valence-electron chi connectivity index (χ4n) is 2.19. The van der Waals surface area contributed by atoms with Gasteiger partial charge in [-0.25, -0.2) is 0 Å². The number of esters is 1. The van der Waals surface area contributed by atoms with Gasteiger partial charge < -0.3 is 18.6 Å². The zero-order valence-corrected chi connectivity index (χ0v) is 14.2. The van der Waals surface area contributed by atoms with E-state index in [1.807, 2.05) is 24.3 Å². The fraction of sp³-hybridized carbons (Fsp3) is 0.312. The topological polar surface area (TPSA) is 57.9 Å². The van der Waals surface area contributed by atoms with Gasteiger partial charge in [0, 0.05) is 25.8 Å². The largest absolute Gasteiger partial charge is 0.469 e. The van der Waals surface area contributed by atoms with E-state index in [0.29, 0.717) is 10.4 Å². The highest BCUT2D eigenvalue weighted by Crippen LogP contribution is 2.35. The number of hydrogen-bond donors (Lipinski definition) is 0. The maximum absolute atomic E-state index is 11.4. The lowest BCUT2D eigenvalue weighted by molar-refractivity contribution is -0.139. The second-order valence-electron chi connectivity index (χ2n) is 4.59. The second kappa shape index (κ2) is 7.58. The molecule has 0 N–H and O–H groups in total. The number of halogens is 1. The van der Waals surface area contributed by atoms with Gasteiger partial charge in [0.15, 0.2) is 11.0 Å². The number of rotatable bonds is 6. The number of furan rings is 1. The minimum Gasteiger partial charge on any atom is -0.469 e. The van der Waals surface area contributed by atoms with Crippen LogP contribution < -0.4 is 0 Å². The summed E-state index contributed by atoms with van der Waals surface area (Å²) in [5, 5.41) is 0. The van der Waals surface area contributed by atoms with Crippen LogP contribution in [0.2, 0.25) is 0 Å². The van der Waals surface area contributed by atoms with Gasteiger partial charge in [0.2, 0.25) is 0 Å². The molecule has 1 aromatic heterocycles. The van der Waals surface area contributed by atoms with E-state index in [9.17, 15) is 4.79 Å². The maximum Gasteiger partial charge on any atom is 0.309 e. The van der Waals surface area contributed by atoms with Crippen LogP contribution in [0.5, 0.6) is 0 Å². The van der Waals surface area contributed by atoms with Crippen LogP contribution in [0.25, 0.3) is 11.3 Å². The molecule has 0 atom stereocenters. The Balaban J connectivity index is 2.39. The van der Waals surface area contributed by atoms with Crippen molar-refractivity contribution in [2.45, 2.75) is 12.7 Å². The van der Waals surface area contributed by atoms with Gasteiger partial charge in [-0.05, 0) is 27.6 Å². The molecule has 0 unspecified atom stereocenters. The molecule has 0 amide bonds. The molecule has 2 aromatic rings. The quantitative estimate of drug-likeness (QED) is 0.574. The van der Waals surface area contributed by atoms with Crippen LogP contribution in [0.15, 0.2) is 39.4 Å². The molecule has 0 aliphatic heterocycles. The Bertz CT molecular complexity index is 646. The first-order valence-electron chi connectivity index (χ1n) is 6.60. The number of ether oxygens (including phenoxy) is 3. The monoisotopic (exact) mass is 368 g/mol. The van der Waals surface area contributed by atoms with E-state index < -0.39 is 6.29 Å². The van der Waals surface area contributed by atoms with Crippen molar-refractivity contribution in [2.75, 3.05) is 21.3 Å². The third kappa shape index (κ3) is 3.76. The molecule has 118 valence electrons. The molecule has 0 aliphatic carbocycles. The normalized spacial score (nSPS) is 11.0. The van der Waals surface area contributed by atoms with Gasteiger partial charge in [0.25, 0.3) is 0 Å². The third-order valence-corrected chi connectivity index (χ3v) is 3.57. The van der Waals surface area contributed by atoms with Gasteiger partial charge in [-0.2, -0.15) is 0 Å². The van der Waals surface area contributed by atoms with E-state index in [4.69, 9.17) is 18.6 Å². The fourth-order valence-corrected chi connectivity index (χ4v) is 2.59. The lowest BCUT2D eigenvalue weighted by atomic mass is 10.0. The number of benzene rings is 1. The highest BCUT2D eigenvalue weighted by atomic mass is 79.9. The highest BCUT2D eigenvalue weighted by Gasteiger charge is 2.21. The Labute approximate surface area is 137 Å². The van der Waals surface area contributed by atoms with E-state index in [0.717, 1.165) is 16.7 Å². The first-order valence-corrected chi connectivity index (χ1v) is 7.39. The van der Waals surface area contributed by atoms with Crippen LogP contribution in [-0.4, -0.2) is 27.3 Å². The average Bonchev–Trinajstić information content (AvgIpc) is 2.90. The summed E-state index contributed by atoms with van der Waals surface area (Å²) in [6.45, 7) is 0. The van der Waals surface area contributed by atoms with E-state index in [1.165, 1.54) is 7.11 Å². The van der Waals surface area contributed by atoms with Crippen LogP contribution >= 0.6 is 15.9 Å². The smallest absolute Gasteiger partial charge is 0.309 e. The zero-order valence-electron chi connectivity index (χ0n) is 12.6. The molecule has 2 rings (SSSR count). The van der Waals surface area contributed by atoms with Gasteiger partial charge in [0.1, 0.15) is 5.76 Å². The molecule has 0 saturated carbocycles. The molecule has 0 radical (unpaired) electrons. The predicted octanol–water partition coefficient (Wildman–Crippen LogP) is 3.72. The molecule has 22 heavy (non-hydrogen) atoms. The first kappa shape index (κ1) is 16.7. The summed E-state index contributed by atoms with van der Waals surface area (Å²) in [5.41, 5.74) is 2.45. The molecule has 0 fully saturated rings. The van der Waals surface area contributed by atoms with Crippen LogP contribution in [0.4, 0.5) is 0 Å². The summed E-state index contributed by atoms with van der Waals surface area (Å²) in [5.74, 6) is 0.344. The Kier molecular flexibility index (Phi) is 5.76. The molecule has 0 saturated heterocycles. The first-order chi connectivity index (χ1) is 10.6. The lowest BCUT2D eigenvalue weighted by Gasteiger charge is -2.13. The maximum atomic E-state index is 11.4. The number of hydrogen-bond acceptors (Lipinski definition) is 5. The minimum absolute atomic E-state index is 0.208. The molecular formula is C16H17BrO5. The summed E-state index contributed by atoms with van der Waals surface area (Å²) >= 11 is 3.33. The summed E-state index contributed by atoms with van der Waals surface area (Å²) in [4.78, 5) is 11.4. The van der Waals surface area contributed by atoms with Gasteiger partial charge >= 0.3 is 5.97 Å². The Morgan fingerprint density at radius 3 is 2.59 bits per heavy atom. The van der Waals surface area contributed by atoms with Crippen LogP contribution in [-0.2, 0) is 25.4 Å². The SMILES string of the molecule is COC(=O)Cc1cccc(-c2oc(Br)cc2C(OC)OC)c1. The van der Waals surface area contributed by atoms with Gasteiger partial charge in [-0.1, -0.05) is 18.2 Å². The molecule has 6 heteroatoms.